The van der Waals surface area contributed by atoms with Crippen LogP contribution in [0.15, 0.2) is 41.6 Å². The number of hydrogen-bond acceptors (Lipinski definition) is 8. The Morgan fingerprint density at radius 2 is 2.19 bits per heavy atom. The van der Waals surface area contributed by atoms with E-state index in [0.717, 1.165) is 5.03 Å². The molecule has 1 aromatic heterocycles. The van der Waals surface area contributed by atoms with E-state index < -0.39 is 35.5 Å². The molecule has 1 N–H and O–H groups in total. The third kappa shape index (κ3) is 3.15. The molecule has 9 heteroatoms. The molecule has 136 valence electrons. The second kappa shape index (κ2) is 7.05. The summed E-state index contributed by atoms with van der Waals surface area (Å²) in [5.74, 6) is -1.86. The summed E-state index contributed by atoms with van der Waals surface area (Å²) in [6.07, 6.45) is 5.16. The molecule has 0 unspecified atom stereocenters. The number of carbonyl (C=O) groups is 3. The molecule has 3 aliphatic rings. The molecule has 2 bridgehead atoms. The topological polar surface area (TPSA) is 94.6 Å². The van der Waals surface area contributed by atoms with Gasteiger partial charge in [0.15, 0.2) is 0 Å². The predicted molar refractivity (Wildman–Crippen MR) is 95.0 cm³/mol. The summed E-state index contributed by atoms with van der Waals surface area (Å²) in [7, 11) is 3.07. The number of fused-ring (bicyclic) bond motifs is 5. The summed E-state index contributed by atoms with van der Waals surface area (Å²) < 4.78 is 10.6. The molecule has 7 nitrogen and oxygen atoms in total. The predicted octanol–water partition coefficient (Wildman–Crippen LogP) is 1.35. The zero-order valence-electron chi connectivity index (χ0n) is 13.6. The minimum atomic E-state index is -0.968. The van der Waals surface area contributed by atoms with E-state index in [2.05, 4.69) is 10.3 Å². The van der Waals surface area contributed by atoms with E-state index in [0.29, 0.717) is 12.2 Å². The lowest BCUT2D eigenvalue weighted by Crippen LogP contribution is -2.47. The Kier molecular flexibility index (Phi) is 4.76. The van der Waals surface area contributed by atoms with E-state index in [1.165, 1.54) is 10.8 Å². The summed E-state index contributed by atoms with van der Waals surface area (Å²) in [5.41, 5.74) is -0.968. The molecule has 4 atom stereocenters. The van der Waals surface area contributed by atoms with Gasteiger partial charge in [-0.15, -0.1) is 0 Å². The van der Waals surface area contributed by atoms with Crippen molar-refractivity contribution in [2.24, 2.45) is 11.8 Å². The van der Waals surface area contributed by atoms with Gasteiger partial charge in [-0.1, -0.05) is 29.0 Å². The fraction of sp³-hybridized carbons (Fsp3) is 0.412. The highest BCUT2D eigenvalue weighted by atomic mass is 33.1. The van der Waals surface area contributed by atoms with Gasteiger partial charge in [0.2, 0.25) is 5.91 Å². The van der Waals surface area contributed by atoms with Crippen LogP contribution in [0.2, 0.25) is 0 Å². The van der Waals surface area contributed by atoms with E-state index in [9.17, 15) is 14.4 Å². The molecule has 0 aromatic carbocycles. The summed E-state index contributed by atoms with van der Waals surface area (Å²) in [6.45, 7) is 0.153. The standard InChI is InChI=1S/C17H16N2O5S2/c20-11(5-8-25-26-12-3-1-2-7-18-12)19-9-17-6-4-10(24-17)13-14(17)16(22)23-15(13)21/h1-4,6-7,10,13-14H,5,8-9H2,(H,19,20)/t10-,13-,14+,17-/m0/s1. The van der Waals surface area contributed by atoms with Crippen molar-refractivity contribution in [3.63, 3.8) is 0 Å². The highest BCUT2D eigenvalue weighted by Crippen LogP contribution is 2.50. The van der Waals surface area contributed by atoms with Crippen LogP contribution in [0.1, 0.15) is 6.42 Å². The van der Waals surface area contributed by atoms with E-state index >= 15 is 0 Å². The smallest absolute Gasteiger partial charge is 0.320 e. The molecule has 0 saturated carbocycles. The third-order valence-electron chi connectivity index (χ3n) is 4.65. The highest BCUT2D eigenvalue weighted by Gasteiger charge is 2.66. The van der Waals surface area contributed by atoms with Gasteiger partial charge < -0.3 is 14.8 Å². The van der Waals surface area contributed by atoms with Gasteiger partial charge in [0.1, 0.15) is 22.5 Å². The summed E-state index contributed by atoms with van der Waals surface area (Å²) >= 11 is 0. The molecule has 3 aliphatic heterocycles. The second-order valence-corrected chi connectivity index (χ2v) is 8.68. The second-order valence-electron chi connectivity index (χ2n) is 6.24. The average Bonchev–Trinajstić information content (AvgIpc) is 3.30. The molecular formula is C17H16N2O5S2. The molecule has 0 aliphatic carbocycles. The lowest BCUT2D eigenvalue weighted by molar-refractivity contribution is -0.158. The molecule has 0 spiro atoms. The van der Waals surface area contributed by atoms with Crippen LogP contribution in [0.5, 0.6) is 0 Å². The van der Waals surface area contributed by atoms with Crippen LogP contribution in [-0.2, 0) is 23.9 Å². The maximum atomic E-state index is 12.1. The van der Waals surface area contributed by atoms with Crippen molar-refractivity contribution in [2.45, 2.75) is 23.2 Å². The Labute approximate surface area is 157 Å². The number of esters is 2. The molecule has 2 saturated heterocycles. The Hall–Kier alpha value is -1.84. The zero-order chi connectivity index (χ0) is 18.1. The molecule has 26 heavy (non-hydrogen) atoms. The number of nitrogens with one attached hydrogen (secondary N) is 1. The minimum Gasteiger partial charge on any atom is -0.393 e. The van der Waals surface area contributed by atoms with Crippen LogP contribution in [0.25, 0.3) is 0 Å². The Bertz CT molecular complexity index is 772. The number of nitrogens with zero attached hydrogens (tertiary/aromatic N) is 1. The van der Waals surface area contributed by atoms with Gasteiger partial charge in [-0.25, -0.2) is 4.98 Å². The van der Waals surface area contributed by atoms with E-state index in [4.69, 9.17) is 9.47 Å². The number of cyclic esters (lactones) is 2. The summed E-state index contributed by atoms with van der Waals surface area (Å²) in [6, 6.07) is 5.68. The van der Waals surface area contributed by atoms with Gasteiger partial charge in [-0.2, -0.15) is 0 Å². The number of pyridine rings is 1. The number of aromatic nitrogens is 1. The minimum absolute atomic E-state index is 0.130. The number of rotatable bonds is 7. The van der Waals surface area contributed by atoms with Crippen molar-refractivity contribution in [3.8, 4) is 0 Å². The molecule has 1 amide bonds. The first kappa shape index (κ1) is 17.6. The Morgan fingerprint density at radius 3 is 3.00 bits per heavy atom. The number of amides is 1. The Morgan fingerprint density at radius 1 is 1.31 bits per heavy atom. The zero-order valence-corrected chi connectivity index (χ0v) is 15.3. The van der Waals surface area contributed by atoms with Crippen molar-refractivity contribution < 1.29 is 23.9 Å². The maximum absolute atomic E-state index is 12.1. The summed E-state index contributed by atoms with van der Waals surface area (Å²) in [5, 5.41) is 3.71. The van der Waals surface area contributed by atoms with Gasteiger partial charge >= 0.3 is 11.9 Å². The average molecular weight is 392 g/mol. The normalized spacial score (nSPS) is 31.2. The first-order chi connectivity index (χ1) is 12.6. The quantitative estimate of drug-likeness (QED) is 0.244. The van der Waals surface area contributed by atoms with Gasteiger partial charge in [-0.05, 0) is 22.9 Å². The lowest BCUT2D eigenvalue weighted by atomic mass is 9.77. The molecule has 0 radical (unpaired) electrons. The van der Waals surface area contributed by atoms with Crippen molar-refractivity contribution in [2.75, 3.05) is 12.3 Å². The number of hydrogen-bond donors (Lipinski definition) is 1. The van der Waals surface area contributed by atoms with Crippen molar-refractivity contribution in [1.82, 2.24) is 10.3 Å². The van der Waals surface area contributed by atoms with Crippen molar-refractivity contribution in [1.29, 1.82) is 0 Å². The van der Waals surface area contributed by atoms with Crippen LogP contribution < -0.4 is 5.32 Å². The van der Waals surface area contributed by atoms with Crippen LogP contribution in [0.3, 0.4) is 0 Å². The van der Waals surface area contributed by atoms with Crippen LogP contribution in [0, 0.1) is 11.8 Å². The van der Waals surface area contributed by atoms with Crippen LogP contribution in [0.4, 0.5) is 0 Å². The van der Waals surface area contributed by atoms with E-state index in [-0.39, 0.29) is 12.5 Å². The van der Waals surface area contributed by atoms with Crippen molar-refractivity contribution in [3.05, 3.63) is 36.5 Å². The van der Waals surface area contributed by atoms with E-state index in [1.54, 1.807) is 29.1 Å². The SMILES string of the molecule is O=C(CCSSc1ccccn1)NC[C@]12C=C[C@H](O1)[C@@H]1C(=O)OC(=O)[C@@H]12. The first-order valence-corrected chi connectivity index (χ1v) is 10.5. The molecule has 2 fully saturated rings. The summed E-state index contributed by atoms with van der Waals surface area (Å²) in [4.78, 5) is 40.1. The fourth-order valence-electron chi connectivity index (χ4n) is 3.47. The molecule has 4 heterocycles. The fourth-order valence-corrected chi connectivity index (χ4v) is 5.34. The monoisotopic (exact) mass is 392 g/mol. The molecular weight excluding hydrogens is 376 g/mol. The van der Waals surface area contributed by atoms with Gasteiger partial charge in [0.25, 0.3) is 0 Å². The third-order valence-corrected chi connectivity index (χ3v) is 6.91. The largest absolute Gasteiger partial charge is 0.393 e. The first-order valence-electron chi connectivity index (χ1n) is 8.19. The van der Waals surface area contributed by atoms with Gasteiger partial charge in [-0.3, -0.25) is 14.4 Å². The lowest BCUT2D eigenvalue weighted by Gasteiger charge is -2.27. The maximum Gasteiger partial charge on any atom is 0.320 e. The molecule has 4 rings (SSSR count). The van der Waals surface area contributed by atoms with Crippen molar-refractivity contribution >= 4 is 39.4 Å². The Balaban J connectivity index is 1.25. The van der Waals surface area contributed by atoms with Crippen LogP contribution >= 0.6 is 21.6 Å². The van der Waals surface area contributed by atoms with Crippen LogP contribution in [-0.4, -0.2) is 46.8 Å². The van der Waals surface area contributed by atoms with E-state index in [1.807, 2.05) is 18.2 Å². The molecule has 1 aromatic rings. The number of ether oxygens (including phenoxy) is 2. The highest BCUT2D eigenvalue weighted by molar-refractivity contribution is 8.76. The number of carbonyl (C=O) groups excluding carboxylic acids is 3. The van der Waals surface area contributed by atoms with Gasteiger partial charge in [0, 0.05) is 18.4 Å². The van der Waals surface area contributed by atoms with Gasteiger partial charge in [0.05, 0.1) is 12.6 Å².